The Morgan fingerprint density at radius 2 is 1.81 bits per heavy atom. The molecule has 0 atom stereocenters. The molecule has 0 N–H and O–H groups in total. The molecule has 0 spiro atoms. The molecule has 0 bridgehead atoms. The van der Waals surface area contributed by atoms with E-state index in [0.29, 0.717) is 6.54 Å². The van der Waals surface area contributed by atoms with Gasteiger partial charge in [-0.2, -0.15) is 5.10 Å². The Balaban J connectivity index is 1.51. The number of nitrogens with zero attached hydrogens (tertiary/aromatic N) is 5. The maximum atomic E-state index is 11.6. The number of anilines is 1. The summed E-state index contributed by atoms with van der Waals surface area (Å²) < 4.78 is 25.1. The van der Waals surface area contributed by atoms with Crippen LogP contribution >= 0.6 is 0 Å². The fourth-order valence-corrected chi connectivity index (χ4v) is 3.58. The molecule has 2 aromatic heterocycles. The molecule has 1 aromatic carbocycles. The molecule has 0 unspecified atom stereocenters. The Bertz CT molecular complexity index is 988. The number of sulfone groups is 1. The van der Waals surface area contributed by atoms with Gasteiger partial charge in [0.1, 0.15) is 11.6 Å². The summed E-state index contributed by atoms with van der Waals surface area (Å²) in [6, 6.07) is 13.3. The normalized spacial score (nSPS) is 14.7. The minimum absolute atomic E-state index is 0.234. The van der Waals surface area contributed by atoms with Crippen LogP contribution < -0.4 is 4.90 Å². The minimum Gasteiger partial charge on any atom is -0.354 e. The smallest absolute Gasteiger partial charge is 0.181 e. The first kappa shape index (κ1) is 16.7. The van der Waals surface area contributed by atoms with E-state index in [4.69, 9.17) is 0 Å². The van der Waals surface area contributed by atoms with E-state index in [1.165, 1.54) is 12.5 Å². The standard InChI is InChI=1S/C18H19N5O2S/c1-26(24,25)15-7-8-16(19-13-15)22-10-9-17-20-18(21-23(17)12-11-22)14-5-3-2-4-6-14/h2-8,13H,9-12H2,1H3. The van der Waals surface area contributed by atoms with E-state index in [1.807, 2.05) is 35.0 Å². The van der Waals surface area contributed by atoms with Crippen LogP contribution in [0.4, 0.5) is 5.82 Å². The zero-order chi connectivity index (χ0) is 18.1. The highest BCUT2D eigenvalue weighted by molar-refractivity contribution is 7.90. The zero-order valence-corrected chi connectivity index (χ0v) is 15.2. The monoisotopic (exact) mass is 369 g/mol. The van der Waals surface area contributed by atoms with Gasteiger partial charge < -0.3 is 4.90 Å². The van der Waals surface area contributed by atoms with Gasteiger partial charge in [0.2, 0.25) is 0 Å². The second-order valence-electron chi connectivity index (χ2n) is 6.30. The van der Waals surface area contributed by atoms with Gasteiger partial charge in [0.05, 0.1) is 11.4 Å². The van der Waals surface area contributed by atoms with Gasteiger partial charge in [0, 0.05) is 37.5 Å². The molecule has 8 heteroatoms. The van der Waals surface area contributed by atoms with Gasteiger partial charge in [-0.15, -0.1) is 0 Å². The Hall–Kier alpha value is -2.74. The number of hydrogen-bond acceptors (Lipinski definition) is 6. The molecule has 134 valence electrons. The SMILES string of the molecule is CS(=O)(=O)c1ccc(N2CCc3nc(-c4ccccc4)nn3CC2)nc1. The topological polar surface area (TPSA) is 81.0 Å². The van der Waals surface area contributed by atoms with Crippen molar-refractivity contribution in [1.82, 2.24) is 19.7 Å². The van der Waals surface area contributed by atoms with E-state index in [0.717, 1.165) is 42.5 Å². The molecule has 1 aliphatic rings. The van der Waals surface area contributed by atoms with Crippen LogP contribution in [-0.2, 0) is 22.8 Å². The lowest BCUT2D eigenvalue weighted by atomic mass is 10.2. The van der Waals surface area contributed by atoms with Crippen LogP contribution in [0.2, 0.25) is 0 Å². The first-order chi connectivity index (χ1) is 12.5. The van der Waals surface area contributed by atoms with E-state index < -0.39 is 9.84 Å². The highest BCUT2D eigenvalue weighted by Crippen LogP contribution is 2.20. The van der Waals surface area contributed by atoms with Crippen molar-refractivity contribution in [3.63, 3.8) is 0 Å². The third-order valence-corrected chi connectivity index (χ3v) is 5.54. The van der Waals surface area contributed by atoms with Gasteiger partial charge in [-0.25, -0.2) is 23.1 Å². The number of fused-ring (bicyclic) bond motifs is 1. The molecular formula is C18H19N5O2S. The Morgan fingerprint density at radius 3 is 2.50 bits per heavy atom. The van der Waals surface area contributed by atoms with Crippen molar-refractivity contribution in [2.75, 3.05) is 24.2 Å². The van der Waals surface area contributed by atoms with Crippen molar-refractivity contribution in [3.05, 3.63) is 54.5 Å². The Kier molecular flexibility index (Phi) is 4.20. The summed E-state index contributed by atoms with van der Waals surface area (Å²) in [6.45, 7) is 2.22. The summed E-state index contributed by atoms with van der Waals surface area (Å²) >= 11 is 0. The summed E-state index contributed by atoms with van der Waals surface area (Å²) in [7, 11) is -3.23. The number of aromatic nitrogens is 4. The van der Waals surface area contributed by atoms with Gasteiger partial charge >= 0.3 is 0 Å². The number of pyridine rings is 1. The minimum atomic E-state index is -3.23. The van der Waals surface area contributed by atoms with Gasteiger partial charge in [-0.1, -0.05) is 30.3 Å². The summed E-state index contributed by atoms with van der Waals surface area (Å²) in [5.41, 5.74) is 1.02. The Morgan fingerprint density at radius 1 is 1.00 bits per heavy atom. The first-order valence-corrected chi connectivity index (χ1v) is 10.3. The van der Waals surface area contributed by atoms with E-state index in [2.05, 4.69) is 20.0 Å². The highest BCUT2D eigenvalue weighted by atomic mass is 32.2. The third kappa shape index (κ3) is 3.32. The van der Waals surface area contributed by atoms with Crippen LogP contribution in [0.15, 0.2) is 53.6 Å². The molecule has 4 rings (SSSR count). The van der Waals surface area contributed by atoms with Crippen molar-refractivity contribution in [2.24, 2.45) is 0 Å². The van der Waals surface area contributed by atoms with Crippen molar-refractivity contribution in [2.45, 2.75) is 17.9 Å². The van der Waals surface area contributed by atoms with Crippen LogP contribution in [0, 0.1) is 0 Å². The summed E-state index contributed by atoms with van der Waals surface area (Å²) in [6.07, 6.45) is 3.36. The molecule has 1 aliphatic heterocycles. The molecule has 0 aliphatic carbocycles. The van der Waals surface area contributed by atoms with Crippen LogP contribution in [0.5, 0.6) is 0 Å². The Labute approximate surface area is 152 Å². The lowest BCUT2D eigenvalue weighted by Crippen LogP contribution is -2.27. The van der Waals surface area contributed by atoms with Crippen molar-refractivity contribution in [3.8, 4) is 11.4 Å². The summed E-state index contributed by atoms with van der Waals surface area (Å²) in [5.74, 6) is 2.48. The fraction of sp³-hybridized carbons (Fsp3) is 0.278. The number of benzene rings is 1. The number of rotatable bonds is 3. The maximum absolute atomic E-state index is 11.6. The second-order valence-corrected chi connectivity index (χ2v) is 8.32. The van der Waals surface area contributed by atoms with Gasteiger partial charge in [-0.05, 0) is 12.1 Å². The molecule has 3 heterocycles. The maximum Gasteiger partial charge on any atom is 0.181 e. The van der Waals surface area contributed by atoms with Crippen LogP contribution in [0.3, 0.4) is 0 Å². The molecule has 7 nitrogen and oxygen atoms in total. The van der Waals surface area contributed by atoms with E-state index in [1.54, 1.807) is 12.1 Å². The molecule has 0 radical (unpaired) electrons. The molecule has 0 saturated carbocycles. The van der Waals surface area contributed by atoms with Crippen LogP contribution in [-0.4, -0.2) is 47.5 Å². The third-order valence-electron chi connectivity index (χ3n) is 4.44. The van der Waals surface area contributed by atoms with Crippen molar-refractivity contribution >= 4 is 15.7 Å². The molecule has 3 aromatic rings. The van der Waals surface area contributed by atoms with E-state index in [9.17, 15) is 8.42 Å². The molecule has 0 saturated heterocycles. The largest absolute Gasteiger partial charge is 0.354 e. The average Bonchev–Trinajstić information content (AvgIpc) is 2.95. The molecular weight excluding hydrogens is 350 g/mol. The van der Waals surface area contributed by atoms with Crippen molar-refractivity contribution < 1.29 is 8.42 Å². The van der Waals surface area contributed by atoms with Gasteiger partial charge in [0.25, 0.3) is 0 Å². The molecule has 0 fully saturated rings. The van der Waals surface area contributed by atoms with Crippen LogP contribution in [0.1, 0.15) is 5.82 Å². The van der Waals surface area contributed by atoms with Crippen molar-refractivity contribution in [1.29, 1.82) is 0 Å². The lowest BCUT2D eigenvalue weighted by Gasteiger charge is -2.20. The van der Waals surface area contributed by atoms with Gasteiger partial charge in [-0.3, -0.25) is 0 Å². The fourth-order valence-electron chi connectivity index (χ4n) is 3.02. The van der Waals surface area contributed by atoms with E-state index in [-0.39, 0.29) is 4.90 Å². The average molecular weight is 369 g/mol. The summed E-state index contributed by atoms with van der Waals surface area (Å²) in [5, 5.41) is 4.63. The lowest BCUT2D eigenvalue weighted by molar-refractivity contribution is 0.601. The number of hydrogen-bond donors (Lipinski definition) is 0. The first-order valence-electron chi connectivity index (χ1n) is 8.41. The summed E-state index contributed by atoms with van der Waals surface area (Å²) in [4.78, 5) is 11.4. The molecule has 0 amide bonds. The van der Waals surface area contributed by atoms with Crippen LogP contribution in [0.25, 0.3) is 11.4 Å². The quantitative estimate of drug-likeness (QED) is 0.700. The molecule has 26 heavy (non-hydrogen) atoms. The second kappa shape index (κ2) is 6.53. The van der Waals surface area contributed by atoms with E-state index >= 15 is 0 Å². The predicted octanol–water partition coefficient (Wildman–Crippen LogP) is 1.81. The van der Waals surface area contributed by atoms with Gasteiger partial charge in [0.15, 0.2) is 15.7 Å². The highest BCUT2D eigenvalue weighted by Gasteiger charge is 2.19. The zero-order valence-electron chi connectivity index (χ0n) is 14.4. The predicted molar refractivity (Wildman–Crippen MR) is 98.7 cm³/mol.